The van der Waals surface area contributed by atoms with Crippen LogP contribution in [0.3, 0.4) is 0 Å². The topological polar surface area (TPSA) is 0 Å². The SMILES string of the molecule is CCCC/C(F)=C(\F)c1ccc([C@H]2CC[C@H](C3CCC(CCC)CC3)CC2)c(F)c1. The molecular formula is C27H39F3. The van der Waals surface area contributed by atoms with Crippen LogP contribution in [-0.2, 0) is 0 Å². The van der Waals surface area contributed by atoms with Gasteiger partial charge in [0.1, 0.15) is 11.6 Å². The van der Waals surface area contributed by atoms with Gasteiger partial charge in [0.05, 0.1) is 0 Å². The van der Waals surface area contributed by atoms with E-state index in [1.54, 1.807) is 12.1 Å². The molecule has 0 amide bonds. The Morgan fingerprint density at radius 1 is 0.867 bits per heavy atom. The normalized spacial score (nSPS) is 28.3. The predicted octanol–water partition coefficient (Wildman–Crippen LogP) is 9.50. The summed E-state index contributed by atoms with van der Waals surface area (Å²) in [6, 6.07) is 4.44. The average molecular weight is 421 g/mol. The van der Waals surface area contributed by atoms with E-state index in [9.17, 15) is 13.2 Å². The summed E-state index contributed by atoms with van der Waals surface area (Å²) in [5.41, 5.74) is 0.716. The molecule has 0 heterocycles. The molecule has 0 nitrogen and oxygen atoms in total. The lowest BCUT2D eigenvalue weighted by atomic mass is 9.68. The summed E-state index contributed by atoms with van der Waals surface area (Å²) in [6.45, 7) is 4.22. The molecule has 0 radical (unpaired) electrons. The Kier molecular flexibility index (Phi) is 8.89. The lowest BCUT2D eigenvalue weighted by Crippen LogP contribution is -2.25. The fraction of sp³-hybridized carbons (Fsp3) is 0.704. The molecule has 0 unspecified atom stereocenters. The number of rotatable bonds is 8. The molecule has 0 atom stereocenters. The Bertz CT molecular complexity index is 692. The van der Waals surface area contributed by atoms with Crippen molar-refractivity contribution in [1.29, 1.82) is 0 Å². The minimum absolute atomic E-state index is 0.0300. The lowest BCUT2D eigenvalue weighted by molar-refractivity contribution is 0.156. The van der Waals surface area contributed by atoms with Crippen molar-refractivity contribution in [3.8, 4) is 0 Å². The molecule has 0 spiro atoms. The Hall–Kier alpha value is -1.25. The van der Waals surface area contributed by atoms with Gasteiger partial charge in [-0.2, -0.15) is 0 Å². The molecule has 0 aromatic heterocycles. The molecule has 0 aliphatic heterocycles. The third-order valence-corrected chi connectivity index (χ3v) is 7.71. The zero-order valence-electron chi connectivity index (χ0n) is 18.9. The quantitative estimate of drug-likeness (QED) is 0.393. The maximum absolute atomic E-state index is 14.8. The number of unbranched alkanes of at least 4 members (excludes halogenated alkanes) is 1. The summed E-state index contributed by atoms with van der Waals surface area (Å²) in [5, 5.41) is 0. The molecule has 2 aliphatic carbocycles. The second-order valence-electron chi connectivity index (χ2n) is 9.74. The van der Waals surface area contributed by atoms with Crippen molar-refractivity contribution in [3.63, 3.8) is 0 Å². The van der Waals surface area contributed by atoms with E-state index in [4.69, 9.17) is 0 Å². The molecule has 0 saturated heterocycles. The molecule has 1 aromatic rings. The highest BCUT2D eigenvalue weighted by Crippen LogP contribution is 2.45. The smallest absolute Gasteiger partial charge is 0.161 e. The van der Waals surface area contributed by atoms with E-state index in [-0.39, 0.29) is 23.7 Å². The van der Waals surface area contributed by atoms with Crippen LogP contribution in [0, 0.1) is 23.6 Å². The summed E-state index contributed by atoms with van der Waals surface area (Å²) < 4.78 is 43.0. The van der Waals surface area contributed by atoms with Crippen LogP contribution >= 0.6 is 0 Å². The lowest BCUT2D eigenvalue weighted by Gasteiger charge is -2.38. The van der Waals surface area contributed by atoms with Crippen molar-refractivity contribution in [2.24, 2.45) is 17.8 Å². The van der Waals surface area contributed by atoms with Crippen LogP contribution in [-0.4, -0.2) is 0 Å². The number of allylic oxidation sites excluding steroid dienone is 1. The Morgan fingerprint density at radius 2 is 1.50 bits per heavy atom. The van der Waals surface area contributed by atoms with Crippen molar-refractivity contribution in [2.45, 2.75) is 103 Å². The van der Waals surface area contributed by atoms with Crippen LogP contribution in [0.1, 0.15) is 114 Å². The zero-order chi connectivity index (χ0) is 21.5. The fourth-order valence-electron chi connectivity index (χ4n) is 5.85. The van der Waals surface area contributed by atoms with E-state index in [0.717, 1.165) is 37.0 Å². The maximum Gasteiger partial charge on any atom is 0.161 e. The van der Waals surface area contributed by atoms with Gasteiger partial charge in [-0.3, -0.25) is 0 Å². The molecular weight excluding hydrogens is 381 g/mol. The van der Waals surface area contributed by atoms with Gasteiger partial charge in [-0.1, -0.05) is 58.1 Å². The average Bonchev–Trinajstić information content (AvgIpc) is 2.78. The molecule has 0 N–H and O–H groups in total. The number of benzene rings is 1. The summed E-state index contributed by atoms with van der Waals surface area (Å²) >= 11 is 0. The van der Waals surface area contributed by atoms with E-state index < -0.39 is 11.7 Å². The molecule has 30 heavy (non-hydrogen) atoms. The van der Waals surface area contributed by atoms with Gasteiger partial charge in [0.25, 0.3) is 0 Å². The number of hydrogen-bond donors (Lipinski definition) is 0. The van der Waals surface area contributed by atoms with Crippen LogP contribution in [0.4, 0.5) is 13.2 Å². The van der Waals surface area contributed by atoms with Crippen molar-refractivity contribution < 1.29 is 13.2 Å². The van der Waals surface area contributed by atoms with Crippen LogP contribution < -0.4 is 0 Å². The summed E-state index contributed by atoms with van der Waals surface area (Å²) in [5.74, 6) is 0.750. The largest absolute Gasteiger partial charge is 0.209 e. The molecule has 3 rings (SSSR count). The first kappa shape index (κ1) is 23.4. The van der Waals surface area contributed by atoms with Crippen LogP contribution in [0.15, 0.2) is 24.0 Å². The van der Waals surface area contributed by atoms with Gasteiger partial charge in [0.2, 0.25) is 0 Å². The highest BCUT2D eigenvalue weighted by molar-refractivity contribution is 5.61. The molecule has 3 heteroatoms. The van der Waals surface area contributed by atoms with E-state index in [1.165, 1.54) is 57.4 Å². The van der Waals surface area contributed by atoms with Gasteiger partial charge in [-0.25, -0.2) is 13.2 Å². The molecule has 2 fully saturated rings. The van der Waals surface area contributed by atoms with E-state index in [0.29, 0.717) is 12.0 Å². The second-order valence-corrected chi connectivity index (χ2v) is 9.74. The van der Waals surface area contributed by atoms with Crippen LogP contribution in [0.25, 0.3) is 5.83 Å². The first-order chi connectivity index (χ1) is 14.5. The van der Waals surface area contributed by atoms with Crippen molar-refractivity contribution in [2.75, 3.05) is 0 Å². The molecule has 0 bridgehead atoms. The predicted molar refractivity (Wildman–Crippen MR) is 120 cm³/mol. The van der Waals surface area contributed by atoms with E-state index >= 15 is 0 Å². The van der Waals surface area contributed by atoms with E-state index in [2.05, 4.69) is 6.92 Å². The van der Waals surface area contributed by atoms with E-state index in [1.807, 2.05) is 6.92 Å². The standard InChI is InChI=1S/C27H39F3/c1-3-5-7-25(28)27(30)23-16-17-24(26(29)18-23)22-14-12-21(13-15-22)20-10-8-19(6-4-2)9-11-20/h16-22H,3-15H2,1-2H3/b27-25+/t19?,20?,21-,22-. The molecule has 2 aliphatic rings. The number of hydrogen-bond acceptors (Lipinski definition) is 0. The third-order valence-electron chi connectivity index (χ3n) is 7.71. The molecule has 168 valence electrons. The highest BCUT2D eigenvalue weighted by atomic mass is 19.2. The molecule has 1 aromatic carbocycles. The van der Waals surface area contributed by atoms with Gasteiger partial charge in [-0.15, -0.1) is 0 Å². The monoisotopic (exact) mass is 420 g/mol. The van der Waals surface area contributed by atoms with Crippen LogP contribution in [0.2, 0.25) is 0 Å². The fourth-order valence-corrected chi connectivity index (χ4v) is 5.85. The van der Waals surface area contributed by atoms with Gasteiger partial charge in [-0.05, 0) is 80.2 Å². The van der Waals surface area contributed by atoms with Gasteiger partial charge < -0.3 is 0 Å². The Labute approximate surface area is 181 Å². The van der Waals surface area contributed by atoms with Crippen molar-refractivity contribution in [1.82, 2.24) is 0 Å². The maximum atomic E-state index is 14.8. The third kappa shape index (κ3) is 5.92. The highest BCUT2D eigenvalue weighted by Gasteiger charge is 2.31. The summed E-state index contributed by atoms with van der Waals surface area (Å²) in [6.07, 6.45) is 14.1. The minimum Gasteiger partial charge on any atom is -0.209 e. The first-order valence-corrected chi connectivity index (χ1v) is 12.4. The van der Waals surface area contributed by atoms with Crippen molar-refractivity contribution in [3.05, 3.63) is 41.0 Å². The van der Waals surface area contributed by atoms with Crippen molar-refractivity contribution >= 4 is 5.83 Å². The zero-order valence-corrected chi connectivity index (χ0v) is 18.9. The van der Waals surface area contributed by atoms with Gasteiger partial charge in [0.15, 0.2) is 5.83 Å². The van der Waals surface area contributed by atoms with Gasteiger partial charge >= 0.3 is 0 Å². The minimum atomic E-state index is -0.906. The summed E-state index contributed by atoms with van der Waals surface area (Å²) in [7, 11) is 0. The van der Waals surface area contributed by atoms with Gasteiger partial charge in [0, 0.05) is 12.0 Å². The summed E-state index contributed by atoms with van der Waals surface area (Å²) in [4.78, 5) is 0. The number of halogens is 3. The van der Waals surface area contributed by atoms with Crippen LogP contribution in [0.5, 0.6) is 0 Å². The molecule has 2 saturated carbocycles. The second kappa shape index (κ2) is 11.4. The Balaban J connectivity index is 1.56. The first-order valence-electron chi connectivity index (χ1n) is 12.4. The Morgan fingerprint density at radius 3 is 2.07 bits per heavy atom.